The molecule has 0 bridgehead atoms. The number of nitrogens with zero attached hydrogens (tertiary/aromatic N) is 8. The van der Waals surface area contributed by atoms with Crippen LogP contribution in [0.3, 0.4) is 0 Å². The van der Waals surface area contributed by atoms with Crippen LogP contribution in [0.1, 0.15) is 67.0 Å². The molecule has 0 amide bonds. The second-order valence-electron chi connectivity index (χ2n) is 19.8. The number of benzene rings is 6. The number of fused-ring (bicyclic) bond motifs is 6. The molecule has 0 unspecified atom stereocenters. The molecule has 0 radical (unpaired) electrons. The van der Waals surface area contributed by atoms with Crippen molar-refractivity contribution in [2.24, 2.45) is 0 Å². The quantitative estimate of drug-likeness (QED) is 0.0728. The monoisotopic (exact) mass is 1210 g/mol. The Labute approximate surface area is 497 Å². The Hall–Kier alpha value is -7.65. The van der Waals surface area contributed by atoms with Gasteiger partial charge >= 0.3 is 11.9 Å². The highest BCUT2D eigenvalue weighted by Gasteiger charge is 2.27. The minimum Gasteiger partial charge on any atom is -0.465 e. The lowest BCUT2D eigenvalue weighted by atomic mass is 9.98. The maximum atomic E-state index is 12.0. The van der Waals surface area contributed by atoms with Gasteiger partial charge in [-0.25, -0.2) is 24.5 Å². The molecule has 2 N–H and O–H groups in total. The van der Waals surface area contributed by atoms with Crippen molar-refractivity contribution < 1.29 is 43.2 Å². The van der Waals surface area contributed by atoms with Gasteiger partial charge in [-0.2, -0.15) is 0 Å². The second-order valence-corrected chi connectivity index (χ2v) is 20.5. The van der Waals surface area contributed by atoms with E-state index in [9.17, 15) is 19.5 Å². The smallest absolute Gasteiger partial charge is 0.337 e. The van der Waals surface area contributed by atoms with E-state index < -0.39 is 6.61 Å². The molecule has 0 fully saturated rings. The lowest BCUT2D eigenvalue weighted by molar-refractivity contribution is 0.0592. The molecule has 0 saturated heterocycles. The van der Waals surface area contributed by atoms with Crippen LogP contribution in [0.5, 0.6) is 0 Å². The summed E-state index contributed by atoms with van der Waals surface area (Å²) in [7, 11) is 7.91. The maximum absolute atomic E-state index is 12.0. The summed E-state index contributed by atoms with van der Waals surface area (Å²) in [5.41, 5.74) is 14.7. The molecule has 83 heavy (non-hydrogen) atoms. The van der Waals surface area contributed by atoms with Crippen molar-refractivity contribution in [3.05, 3.63) is 166 Å². The van der Waals surface area contributed by atoms with Crippen LogP contribution in [-0.2, 0) is 62.6 Å². The van der Waals surface area contributed by atoms with Crippen molar-refractivity contribution in [1.29, 1.82) is 0 Å². The van der Waals surface area contributed by atoms with Gasteiger partial charge in [0.1, 0.15) is 6.61 Å². The third-order valence-corrected chi connectivity index (χ3v) is 15.3. The molecule has 0 aliphatic carbocycles. The summed E-state index contributed by atoms with van der Waals surface area (Å²) >= 11 is 3.44. The van der Waals surface area contributed by atoms with Gasteiger partial charge in [0.15, 0.2) is 10.5 Å². The second kappa shape index (κ2) is 29.5. The number of carbonyl (C=O) groups is 3. The average Bonchev–Trinajstić information content (AvgIpc) is 4.06. The number of aliphatic hydroxyl groups is 1. The molecule has 12 rings (SSSR count). The van der Waals surface area contributed by atoms with E-state index in [1.165, 1.54) is 30.9 Å². The van der Waals surface area contributed by atoms with Gasteiger partial charge in [-0.3, -0.25) is 4.79 Å². The van der Waals surface area contributed by atoms with Crippen LogP contribution < -0.4 is 15.1 Å². The first-order valence-corrected chi connectivity index (χ1v) is 28.3. The van der Waals surface area contributed by atoms with E-state index in [0.29, 0.717) is 43.1 Å². The standard InChI is InChI=1S/2C21H23N3O3.C11H13NO2.C10H11BrN2O.ClH/c1-26-13-12-24-18-8-4-3-7-17(18)22-21(24)23-11-5-6-15-9-10-16(14-19(15)23)20(25)27-2;1-27-12-11-24-18-7-3-2-6-17(18)22-21(24)23-10-4-5-15-8-9-16(13-19(15)23)20(26)14-25;1-14-11(13)9-5-4-8-3-2-6-12-10(8)7-9;1-14-7-6-13-9-5-3-2-4-8(9)12-10(13)11;/h3-4,7-10,14H,5-6,11-13H2,1-2H3;2-3,6-9,13,25H,4-5,10-12,14H2,1H3;4-5,7,12H,2-3,6H2,1H3;2-5H,6-7H2,1H3;1H. The van der Waals surface area contributed by atoms with Crippen molar-refractivity contribution >= 4 is 108 Å². The number of hydrogen-bond acceptors (Lipinski definition) is 15. The van der Waals surface area contributed by atoms with Crippen molar-refractivity contribution in [2.45, 2.75) is 58.2 Å². The van der Waals surface area contributed by atoms with Crippen LogP contribution >= 0.6 is 28.3 Å². The Morgan fingerprint density at radius 2 is 0.952 bits per heavy atom. The first kappa shape index (κ1) is 61.4. The number of anilines is 5. The number of Topliss-reactive ketones (excluding diaryl/α,β-unsaturated/α-hetero) is 1. The van der Waals surface area contributed by atoms with Crippen molar-refractivity contribution in [1.82, 2.24) is 28.7 Å². The number of imidazole rings is 3. The Morgan fingerprint density at radius 3 is 1.45 bits per heavy atom. The van der Waals surface area contributed by atoms with E-state index >= 15 is 0 Å². The number of aryl methyl sites for hydroxylation is 3. The van der Waals surface area contributed by atoms with Gasteiger partial charge in [0.25, 0.3) is 0 Å². The fourth-order valence-electron chi connectivity index (χ4n) is 10.6. The zero-order chi connectivity index (χ0) is 57.5. The number of esters is 2. The van der Waals surface area contributed by atoms with Gasteiger partial charge in [0, 0.05) is 83.2 Å². The molecule has 9 aromatic rings. The molecule has 0 spiro atoms. The van der Waals surface area contributed by atoms with E-state index in [4.69, 9.17) is 28.9 Å². The summed E-state index contributed by atoms with van der Waals surface area (Å²) in [6.07, 6.45) is 6.27. The summed E-state index contributed by atoms with van der Waals surface area (Å²) in [6.45, 7) is 6.32. The molecule has 18 nitrogen and oxygen atoms in total. The molecule has 3 aromatic heterocycles. The number of rotatable bonds is 15. The fraction of sp³-hybridized carbons (Fsp3) is 0.333. The molecule has 0 atom stereocenters. The van der Waals surface area contributed by atoms with Crippen LogP contribution in [0.2, 0.25) is 0 Å². The zero-order valence-electron chi connectivity index (χ0n) is 47.5. The number of methoxy groups -OCH3 is 5. The van der Waals surface area contributed by atoms with Crippen LogP contribution in [-0.4, -0.2) is 133 Å². The highest BCUT2D eigenvalue weighted by atomic mass is 79.9. The van der Waals surface area contributed by atoms with Crippen molar-refractivity contribution in [2.75, 3.05) is 96.7 Å². The fourth-order valence-corrected chi connectivity index (χ4v) is 11.1. The molecular weight excluding hydrogens is 1140 g/mol. The molecule has 3 aliphatic rings. The minimum atomic E-state index is -0.481. The van der Waals surface area contributed by atoms with Crippen LogP contribution in [0.4, 0.5) is 29.0 Å². The number of para-hydroxylation sites is 6. The highest BCUT2D eigenvalue weighted by molar-refractivity contribution is 9.10. The van der Waals surface area contributed by atoms with E-state index in [1.54, 1.807) is 27.4 Å². The molecule has 6 heterocycles. The van der Waals surface area contributed by atoms with Crippen molar-refractivity contribution in [3.63, 3.8) is 0 Å². The average molecular weight is 1210 g/mol. The molecular formula is C63H71BrClN9O9. The third-order valence-electron chi connectivity index (χ3n) is 14.7. The van der Waals surface area contributed by atoms with Crippen LogP contribution in [0.25, 0.3) is 33.1 Å². The normalized spacial score (nSPS) is 13.1. The van der Waals surface area contributed by atoms with Gasteiger partial charge in [-0.05, 0) is 138 Å². The lowest BCUT2D eigenvalue weighted by Gasteiger charge is -2.31. The van der Waals surface area contributed by atoms with E-state index in [-0.39, 0.29) is 30.1 Å². The highest BCUT2D eigenvalue weighted by Crippen LogP contribution is 2.38. The number of aliphatic hydroxyl groups excluding tert-OH is 1. The number of ketones is 1. The Bertz CT molecular complexity index is 3520. The first-order valence-electron chi connectivity index (χ1n) is 27.6. The number of hydrogen-bond donors (Lipinski definition) is 2. The third kappa shape index (κ3) is 14.2. The molecule has 436 valence electrons. The van der Waals surface area contributed by atoms with E-state index in [1.807, 2.05) is 103 Å². The minimum absolute atomic E-state index is 0. The van der Waals surface area contributed by atoms with E-state index in [0.717, 1.165) is 138 Å². The molecule has 3 aliphatic heterocycles. The predicted molar refractivity (Wildman–Crippen MR) is 331 cm³/mol. The SMILES string of the molecule is COC(=O)c1ccc2c(c1)NCCC2.COCCn1c(Br)nc2ccccc21.COCCn1c(N2CCCc3ccc(C(=O)CO)cc32)nc2ccccc21.COCCn1c(N2CCCc3ccc(C(=O)OC)cc32)nc2ccccc21.Cl. The maximum Gasteiger partial charge on any atom is 0.337 e. The van der Waals surface area contributed by atoms with Gasteiger partial charge < -0.3 is 57.6 Å². The zero-order valence-corrected chi connectivity index (χ0v) is 49.9. The van der Waals surface area contributed by atoms with Gasteiger partial charge in [-0.15, -0.1) is 12.4 Å². The summed E-state index contributed by atoms with van der Waals surface area (Å²) in [6, 6.07) is 41.4. The van der Waals surface area contributed by atoms with Crippen LogP contribution in [0.15, 0.2) is 132 Å². The van der Waals surface area contributed by atoms with Gasteiger partial charge in [-0.1, -0.05) is 60.7 Å². The molecule has 6 aromatic carbocycles. The number of nitrogens with one attached hydrogen (secondary N) is 1. The lowest BCUT2D eigenvalue weighted by Crippen LogP contribution is -2.28. The molecule has 20 heteroatoms. The predicted octanol–water partition coefficient (Wildman–Crippen LogP) is 11.2. The Balaban J connectivity index is 0.000000151. The number of aromatic nitrogens is 6. The largest absolute Gasteiger partial charge is 0.465 e. The number of ether oxygens (including phenoxy) is 5. The molecule has 0 saturated carbocycles. The summed E-state index contributed by atoms with van der Waals surface area (Å²) in [5, 5.41) is 12.5. The topological polar surface area (TPSA) is 190 Å². The number of carbonyl (C=O) groups excluding carboxylic acids is 3. The van der Waals surface area contributed by atoms with E-state index in [2.05, 4.69) is 72.7 Å². The van der Waals surface area contributed by atoms with Gasteiger partial charge in [0.05, 0.1) is 78.3 Å². The number of halogens is 2. The van der Waals surface area contributed by atoms with Crippen molar-refractivity contribution in [3.8, 4) is 0 Å². The summed E-state index contributed by atoms with van der Waals surface area (Å²) in [5.74, 6) is 0.881. The Kier molecular flexibility index (Phi) is 21.9. The Morgan fingerprint density at radius 1 is 0.530 bits per heavy atom. The summed E-state index contributed by atoms with van der Waals surface area (Å²) < 4.78 is 32.5. The van der Waals surface area contributed by atoms with Gasteiger partial charge in [0.2, 0.25) is 11.9 Å². The summed E-state index contributed by atoms with van der Waals surface area (Å²) in [4.78, 5) is 53.8. The first-order chi connectivity index (χ1) is 40.1. The van der Waals surface area contributed by atoms with Crippen LogP contribution in [0, 0.1) is 0 Å².